The standard InChI is InChI=1S/C16H23N3O3S2/c1-4-5-10-19-13-8-6-7-9-14(13)24(21,22)18-16(19)23-11-15(20)17-12(2)3/h6-9,12H,4-5,10-11H2,1-3H3,(H,17,20). The summed E-state index contributed by atoms with van der Waals surface area (Å²) in [4.78, 5) is 14.0. The Kier molecular flexibility index (Phi) is 6.28. The van der Waals surface area contributed by atoms with Crippen LogP contribution >= 0.6 is 11.8 Å². The first-order valence-corrected chi connectivity index (χ1v) is 10.4. The lowest BCUT2D eigenvalue weighted by atomic mass is 10.2. The zero-order chi connectivity index (χ0) is 17.7. The molecule has 0 aliphatic carbocycles. The third kappa shape index (κ3) is 4.51. The first kappa shape index (κ1) is 18.8. The predicted molar refractivity (Wildman–Crippen MR) is 99.1 cm³/mol. The van der Waals surface area contributed by atoms with E-state index in [-0.39, 0.29) is 22.6 Å². The SMILES string of the molecule is CCCCN1C(SCC(=O)NC(C)C)=NS(=O)(=O)c2ccccc21. The normalized spacial score (nSPS) is 15.8. The van der Waals surface area contributed by atoms with Gasteiger partial charge in [-0.05, 0) is 32.4 Å². The molecule has 0 unspecified atom stereocenters. The minimum atomic E-state index is -3.73. The molecule has 1 N–H and O–H groups in total. The van der Waals surface area contributed by atoms with E-state index >= 15 is 0 Å². The van der Waals surface area contributed by atoms with Gasteiger partial charge in [-0.25, -0.2) is 0 Å². The van der Waals surface area contributed by atoms with Gasteiger partial charge in [-0.3, -0.25) is 4.79 Å². The fraction of sp³-hybridized carbons (Fsp3) is 0.500. The highest BCUT2D eigenvalue weighted by molar-refractivity contribution is 8.15. The van der Waals surface area contributed by atoms with Gasteiger partial charge >= 0.3 is 0 Å². The van der Waals surface area contributed by atoms with Gasteiger partial charge in [0.15, 0.2) is 5.17 Å². The number of hydrogen-bond donors (Lipinski definition) is 1. The lowest BCUT2D eigenvalue weighted by Crippen LogP contribution is -2.37. The summed E-state index contributed by atoms with van der Waals surface area (Å²) in [6.45, 7) is 6.51. The average Bonchev–Trinajstić information content (AvgIpc) is 2.51. The van der Waals surface area contributed by atoms with Crippen molar-refractivity contribution in [2.45, 2.75) is 44.6 Å². The molecule has 0 fully saturated rings. The molecule has 1 amide bonds. The Balaban J connectivity index is 2.27. The van der Waals surface area contributed by atoms with Gasteiger partial charge in [-0.1, -0.05) is 37.2 Å². The summed E-state index contributed by atoms with van der Waals surface area (Å²) in [5, 5.41) is 3.16. The van der Waals surface area contributed by atoms with Crippen LogP contribution in [0, 0.1) is 0 Å². The van der Waals surface area contributed by atoms with E-state index in [4.69, 9.17) is 0 Å². The number of thioether (sulfide) groups is 1. The van der Waals surface area contributed by atoms with Crippen LogP contribution in [0.4, 0.5) is 5.69 Å². The van der Waals surface area contributed by atoms with Crippen LogP contribution in [-0.4, -0.2) is 37.8 Å². The van der Waals surface area contributed by atoms with Crippen LogP contribution in [0.1, 0.15) is 33.6 Å². The second kappa shape index (κ2) is 8.02. The summed E-state index contributed by atoms with van der Waals surface area (Å²) < 4.78 is 28.7. The summed E-state index contributed by atoms with van der Waals surface area (Å²) in [5.41, 5.74) is 0.632. The molecular formula is C16H23N3O3S2. The molecule has 24 heavy (non-hydrogen) atoms. The molecule has 132 valence electrons. The molecule has 0 radical (unpaired) electrons. The van der Waals surface area contributed by atoms with E-state index in [1.54, 1.807) is 18.2 Å². The molecule has 0 saturated heterocycles. The molecule has 2 rings (SSSR count). The number of nitrogens with one attached hydrogen (secondary N) is 1. The Labute approximate surface area is 147 Å². The van der Waals surface area contributed by atoms with Crippen LogP contribution in [0.2, 0.25) is 0 Å². The second-order valence-corrected chi connectivity index (χ2v) is 8.35. The lowest BCUT2D eigenvalue weighted by molar-refractivity contribution is -0.119. The van der Waals surface area contributed by atoms with Gasteiger partial charge in [0, 0.05) is 12.6 Å². The van der Waals surface area contributed by atoms with Crippen LogP contribution in [0.5, 0.6) is 0 Å². The number of amidine groups is 1. The number of benzene rings is 1. The number of unbranched alkanes of at least 4 members (excludes halogenated alkanes) is 1. The van der Waals surface area contributed by atoms with Crippen molar-refractivity contribution in [2.75, 3.05) is 17.2 Å². The molecule has 1 aromatic rings. The van der Waals surface area contributed by atoms with Crippen molar-refractivity contribution in [3.05, 3.63) is 24.3 Å². The van der Waals surface area contributed by atoms with E-state index in [1.807, 2.05) is 24.8 Å². The van der Waals surface area contributed by atoms with E-state index in [0.717, 1.165) is 24.6 Å². The molecular weight excluding hydrogens is 346 g/mol. The van der Waals surface area contributed by atoms with Crippen molar-refractivity contribution in [3.63, 3.8) is 0 Å². The molecule has 0 aromatic heterocycles. The van der Waals surface area contributed by atoms with Crippen LogP contribution in [0.3, 0.4) is 0 Å². The maximum Gasteiger partial charge on any atom is 0.286 e. The first-order chi connectivity index (χ1) is 11.3. The van der Waals surface area contributed by atoms with E-state index in [9.17, 15) is 13.2 Å². The average molecular weight is 370 g/mol. The van der Waals surface area contributed by atoms with Gasteiger partial charge in [-0.2, -0.15) is 8.42 Å². The minimum Gasteiger partial charge on any atom is -0.353 e. The number of carbonyl (C=O) groups excluding carboxylic acids is 1. The summed E-state index contributed by atoms with van der Waals surface area (Å²) in [6.07, 6.45) is 1.89. The van der Waals surface area contributed by atoms with Gasteiger partial charge < -0.3 is 10.2 Å². The Morgan fingerprint density at radius 2 is 2.04 bits per heavy atom. The Hall–Kier alpha value is -1.54. The number of nitrogens with zero attached hydrogens (tertiary/aromatic N) is 2. The second-order valence-electron chi connectivity index (χ2n) is 5.83. The Bertz CT molecular complexity index is 730. The summed E-state index contributed by atoms with van der Waals surface area (Å²) in [6, 6.07) is 6.91. The van der Waals surface area contributed by atoms with E-state index in [2.05, 4.69) is 16.6 Å². The van der Waals surface area contributed by atoms with Crippen LogP contribution in [0.15, 0.2) is 33.6 Å². The van der Waals surface area contributed by atoms with Crippen LogP contribution < -0.4 is 10.2 Å². The Morgan fingerprint density at radius 3 is 2.71 bits per heavy atom. The van der Waals surface area contributed by atoms with Crippen LogP contribution in [0.25, 0.3) is 0 Å². The minimum absolute atomic E-state index is 0.0482. The molecule has 0 saturated carbocycles. The number of carbonyl (C=O) groups is 1. The third-order valence-corrected chi connectivity index (χ3v) is 5.79. The van der Waals surface area contributed by atoms with Gasteiger partial charge in [0.25, 0.3) is 10.0 Å². The molecule has 8 heteroatoms. The molecule has 0 atom stereocenters. The molecule has 1 aliphatic rings. The van der Waals surface area contributed by atoms with Gasteiger partial charge in [-0.15, -0.1) is 4.40 Å². The highest BCUT2D eigenvalue weighted by atomic mass is 32.2. The quantitative estimate of drug-likeness (QED) is 0.834. The van der Waals surface area contributed by atoms with E-state index in [1.165, 1.54) is 0 Å². The number of amides is 1. The fourth-order valence-corrected chi connectivity index (χ4v) is 4.62. The maximum absolute atomic E-state index is 12.4. The number of para-hydroxylation sites is 1. The number of sulfonamides is 1. The van der Waals surface area contributed by atoms with Crippen LogP contribution in [-0.2, 0) is 14.8 Å². The zero-order valence-corrected chi connectivity index (χ0v) is 15.8. The van der Waals surface area contributed by atoms with Crippen molar-refractivity contribution in [1.82, 2.24) is 5.32 Å². The number of anilines is 1. The third-order valence-electron chi connectivity index (χ3n) is 3.38. The number of hydrogen-bond acceptors (Lipinski definition) is 5. The monoisotopic (exact) mass is 369 g/mol. The molecule has 1 heterocycles. The maximum atomic E-state index is 12.4. The molecule has 0 bridgehead atoms. The van der Waals surface area contributed by atoms with Crippen molar-refractivity contribution < 1.29 is 13.2 Å². The summed E-state index contributed by atoms with van der Waals surface area (Å²) in [5.74, 6) is 0.00142. The predicted octanol–water partition coefficient (Wildman–Crippen LogP) is 2.61. The van der Waals surface area contributed by atoms with E-state index < -0.39 is 10.0 Å². The summed E-state index contributed by atoms with van der Waals surface area (Å²) >= 11 is 1.16. The molecule has 1 aromatic carbocycles. The van der Waals surface area contributed by atoms with Gasteiger partial charge in [0.1, 0.15) is 4.90 Å². The summed E-state index contributed by atoms with van der Waals surface area (Å²) in [7, 11) is -3.73. The zero-order valence-electron chi connectivity index (χ0n) is 14.2. The fourth-order valence-electron chi connectivity index (χ4n) is 2.33. The molecule has 1 aliphatic heterocycles. The van der Waals surface area contributed by atoms with Crippen molar-refractivity contribution in [1.29, 1.82) is 0 Å². The van der Waals surface area contributed by atoms with Gasteiger partial charge in [0.2, 0.25) is 5.91 Å². The smallest absolute Gasteiger partial charge is 0.286 e. The van der Waals surface area contributed by atoms with Crippen molar-refractivity contribution in [3.8, 4) is 0 Å². The highest BCUT2D eigenvalue weighted by Gasteiger charge is 2.30. The number of rotatable bonds is 6. The first-order valence-electron chi connectivity index (χ1n) is 7.99. The largest absolute Gasteiger partial charge is 0.353 e. The molecule has 0 spiro atoms. The highest BCUT2D eigenvalue weighted by Crippen LogP contribution is 2.34. The topological polar surface area (TPSA) is 78.8 Å². The molecule has 6 nitrogen and oxygen atoms in total. The number of fused-ring (bicyclic) bond motifs is 1. The van der Waals surface area contributed by atoms with Crippen molar-refractivity contribution >= 4 is 38.5 Å². The van der Waals surface area contributed by atoms with E-state index in [0.29, 0.717) is 17.4 Å². The Morgan fingerprint density at radius 1 is 1.33 bits per heavy atom. The van der Waals surface area contributed by atoms with Crippen molar-refractivity contribution in [2.24, 2.45) is 4.40 Å². The van der Waals surface area contributed by atoms with Gasteiger partial charge in [0.05, 0.1) is 11.4 Å². The lowest BCUT2D eigenvalue weighted by Gasteiger charge is -2.30.